The molecule has 0 aliphatic rings. The van der Waals surface area contributed by atoms with Gasteiger partial charge in [-0.3, -0.25) is 5.10 Å². The molecule has 2 rings (SSSR count). The molecule has 0 saturated heterocycles. The molecular formula is C13H16N4O2S. The number of carbonyl (C=O) groups is 1. The van der Waals surface area contributed by atoms with Crippen LogP contribution in [0.15, 0.2) is 30.3 Å². The quantitative estimate of drug-likeness (QED) is 0.826. The van der Waals surface area contributed by atoms with Crippen LogP contribution in [0, 0.1) is 4.77 Å². The molecule has 20 heavy (non-hydrogen) atoms. The summed E-state index contributed by atoms with van der Waals surface area (Å²) in [6.45, 7) is 0.709. The summed E-state index contributed by atoms with van der Waals surface area (Å²) < 4.78 is 7.43. The Hall–Kier alpha value is -2.15. The monoisotopic (exact) mass is 292 g/mol. The van der Waals surface area contributed by atoms with Gasteiger partial charge in [-0.05, 0) is 17.8 Å². The maximum atomic E-state index is 11.5. The molecule has 6 nitrogen and oxygen atoms in total. The van der Waals surface area contributed by atoms with Crippen molar-refractivity contribution < 1.29 is 9.53 Å². The van der Waals surface area contributed by atoms with Gasteiger partial charge < -0.3 is 14.6 Å². The summed E-state index contributed by atoms with van der Waals surface area (Å²) in [5.74, 6) is 0.790. The Morgan fingerprint density at radius 2 is 2.20 bits per heavy atom. The first-order valence-corrected chi connectivity index (χ1v) is 6.62. The van der Waals surface area contributed by atoms with Gasteiger partial charge in [-0.1, -0.05) is 30.3 Å². The highest BCUT2D eigenvalue weighted by Gasteiger charge is 2.05. The number of ether oxygens (including phenoxy) is 1. The summed E-state index contributed by atoms with van der Waals surface area (Å²) in [5.41, 5.74) is 0.956. The molecule has 1 aromatic carbocycles. The molecule has 0 radical (unpaired) electrons. The first-order valence-electron chi connectivity index (χ1n) is 6.21. The molecule has 0 spiro atoms. The Kier molecular flexibility index (Phi) is 4.89. The molecule has 2 N–H and O–H groups in total. The lowest BCUT2D eigenvalue weighted by Crippen LogP contribution is -2.27. The number of alkyl carbamates (subject to hydrolysis) is 1. The van der Waals surface area contributed by atoms with Crippen LogP contribution in [0.1, 0.15) is 11.4 Å². The van der Waals surface area contributed by atoms with Gasteiger partial charge in [0, 0.05) is 20.0 Å². The van der Waals surface area contributed by atoms with Gasteiger partial charge >= 0.3 is 6.09 Å². The Morgan fingerprint density at radius 1 is 1.45 bits per heavy atom. The van der Waals surface area contributed by atoms with Gasteiger partial charge in [-0.25, -0.2) is 4.79 Å². The normalized spacial score (nSPS) is 10.2. The number of rotatable bonds is 5. The number of benzene rings is 1. The van der Waals surface area contributed by atoms with Crippen LogP contribution in [0.4, 0.5) is 4.79 Å². The summed E-state index contributed by atoms with van der Waals surface area (Å²) in [6.07, 6.45) is 0.148. The van der Waals surface area contributed by atoms with Gasteiger partial charge in [0.25, 0.3) is 0 Å². The molecule has 0 bridgehead atoms. The standard InChI is InChI=1S/C13H16N4O2S/c1-17-11(15-16-12(17)20)7-8-14-13(18)19-9-10-5-3-2-4-6-10/h2-6H,7-9H2,1H3,(H,14,18)(H,16,20). The van der Waals surface area contributed by atoms with Crippen molar-refractivity contribution >= 4 is 18.3 Å². The van der Waals surface area contributed by atoms with Crippen LogP contribution in [-0.2, 0) is 24.8 Å². The zero-order valence-electron chi connectivity index (χ0n) is 11.1. The second kappa shape index (κ2) is 6.85. The molecular weight excluding hydrogens is 276 g/mol. The van der Waals surface area contributed by atoms with Gasteiger partial charge in [-0.2, -0.15) is 5.10 Å². The fourth-order valence-electron chi connectivity index (χ4n) is 1.65. The molecule has 0 aliphatic heterocycles. The van der Waals surface area contributed by atoms with E-state index in [-0.39, 0.29) is 6.61 Å². The van der Waals surface area contributed by atoms with E-state index in [1.165, 1.54) is 0 Å². The number of carbonyl (C=O) groups excluding carboxylic acids is 1. The first kappa shape index (κ1) is 14.3. The smallest absolute Gasteiger partial charge is 0.407 e. The Balaban J connectivity index is 1.70. The second-order valence-electron chi connectivity index (χ2n) is 4.24. The summed E-state index contributed by atoms with van der Waals surface area (Å²) in [6, 6.07) is 9.53. The van der Waals surface area contributed by atoms with Crippen LogP contribution < -0.4 is 5.32 Å². The van der Waals surface area contributed by atoms with Crippen molar-refractivity contribution in [2.24, 2.45) is 7.05 Å². The van der Waals surface area contributed by atoms with Gasteiger partial charge in [0.2, 0.25) is 0 Å². The summed E-state index contributed by atoms with van der Waals surface area (Å²) in [7, 11) is 1.83. The fourth-order valence-corrected chi connectivity index (χ4v) is 1.80. The van der Waals surface area contributed by atoms with Crippen molar-refractivity contribution in [3.8, 4) is 0 Å². The molecule has 2 aromatic rings. The minimum absolute atomic E-state index is 0.263. The molecule has 0 unspecified atom stereocenters. The number of aromatic nitrogens is 3. The van der Waals surface area contributed by atoms with Crippen LogP contribution >= 0.6 is 12.2 Å². The third kappa shape index (κ3) is 3.92. The van der Waals surface area contributed by atoms with Crippen LogP contribution in [0.3, 0.4) is 0 Å². The van der Waals surface area contributed by atoms with Gasteiger partial charge in [0.1, 0.15) is 12.4 Å². The van der Waals surface area contributed by atoms with E-state index in [4.69, 9.17) is 17.0 Å². The SMILES string of the molecule is Cn1c(CCNC(=O)OCc2ccccc2)n[nH]c1=S. The van der Waals surface area contributed by atoms with E-state index in [1.54, 1.807) is 4.57 Å². The number of nitrogens with one attached hydrogen (secondary N) is 2. The number of nitrogens with zero attached hydrogens (tertiary/aromatic N) is 2. The van der Waals surface area contributed by atoms with Gasteiger partial charge in [0.05, 0.1) is 0 Å². The van der Waals surface area contributed by atoms with E-state index >= 15 is 0 Å². The molecule has 7 heteroatoms. The van der Waals surface area contributed by atoms with Crippen LogP contribution in [0.2, 0.25) is 0 Å². The number of amides is 1. The van der Waals surface area contributed by atoms with Gasteiger partial charge in [0.15, 0.2) is 4.77 Å². The highest BCUT2D eigenvalue weighted by Crippen LogP contribution is 2.00. The largest absolute Gasteiger partial charge is 0.445 e. The lowest BCUT2D eigenvalue weighted by atomic mass is 10.2. The lowest BCUT2D eigenvalue weighted by molar-refractivity contribution is 0.139. The maximum Gasteiger partial charge on any atom is 0.407 e. The van der Waals surface area contributed by atoms with E-state index in [1.807, 2.05) is 37.4 Å². The van der Waals surface area contributed by atoms with E-state index in [0.29, 0.717) is 17.7 Å². The summed E-state index contributed by atoms with van der Waals surface area (Å²) in [4.78, 5) is 11.5. The summed E-state index contributed by atoms with van der Waals surface area (Å²) >= 11 is 5.00. The van der Waals surface area contributed by atoms with E-state index in [9.17, 15) is 4.79 Å². The van der Waals surface area contributed by atoms with Crippen molar-refractivity contribution in [3.05, 3.63) is 46.5 Å². The van der Waals surface area contributed by atoms with E-state index < -0.39 is 6.09 Å². The average Bonchev–Trinajstić information content (AvgIpc) is 2.78. The van der Waals surface area contributed by atoms with Crippen molar-refractivity contribution in [2.75, 3.05) is 6.54 Å². The molecule has 1 aromatic heterocycles. The van der Waals surface area contributed by atoms with Crippen LogP contribution in [0.25, 0.3) is 0 Å². The first-order chi connectivity index (χ1) is 9.66. The minimum atomic E-state index is -0.439. The molecule has 106 valence electrons. The van der Waals surface area contributed by atoms with Crippen molar-refractivity contribution in [3.63, 3.8) is 0 Å². The third-order valence-corrected chi connectivity index (χ3v) is 3.17. The Bertz CT molecular complexity index is 621. The number of hydrogen-bond donors (Lipinski definition) is 2. The molecule has 0 saturated carbocycles. The highest BCUT2D eigenvalue weighted by molar-refractivity contribution is 7.71. The highest BCUT2D eigenvalue weighted by atomic mass is 32.1. The Morgan fingerprint density at radius 3 is 2.85 bits per heavy atom. The van der Waals surface area contributed by atoms with Crippen molar-refractivity contribution in [1.29, 1.82) is 0 Å². The van der Waals surface area contributed by atoms with Crippen molar-refractivity contribution in [2.45, 2.75) is 13.0 Å². The van der Waals surface area contributed by atoms with Crippen molar-refractivity contribution in [1.82, 2.24) is 20.1 Å². The third-order valence-electron chi connectivity index (χ3n) is 2.80. The lowest BCUT2D eigenvalue weighted by Gasteiger charge is -2.06. The Labute approximate surface area is 121 Å². The topological polar surface area (TPSA) is 71.9 Å². The predicted octanol–water partition coefficient (Wildman–Crippen LogP) is 1.95. The van der Waals surface area contributed by atoms with Crippen LogP contribution in [-0.4, -0.2) is 27.4 Å². The molecule has 0 atom stereocenters. The number of aromatic amines is 1. The summed E-state index contributed by atoms with van der Waals surface area (Å²) in [5, 5.41) is 9.43. The second-order valence-corrected chi connectivity index (χ2v) is 4.63. The predicted molar refractivity (Wildman–Crippen MR) is 76.7 cm³/mol. The molecule has 1 heterocycles. The van der Waals surface area contributed by atoms with E-state index in [2.05, 4.69) is 15.5 Å². The minimum Gasteiger partial charge on any atom is -0.445 e. The molecule has 0 fully saturated rings. The zero-order chi connectivity index (χ0) is 14.4. The molecule has 1 amide bonds. The van der Waals surface area contributed by atoms with Crippen LogP contribution in [0.5, 0.6) is 0 Å². The average molecular weight is 292 g/mol. The fraction of sp³-hybridized carbons (Fsp3) is 0.308. The maximum absolute atomic E-state index is 11.5. The number of H-pyrrole nitrogens is 1. The molecule has 0 aliphatic carbocycles. The zero-order valence-corrected chi connectivity index (χ0v) is 11.9. The van der Waals surface area contributed by atoms with Gasteiger partial charge in [-0.15, -0.1) is 0 Å². The van der Waals surface area contributed by atoms with E-state index in [0.717, 1.165) is 11.4 Å². The number of hydrogen-bond acceptors (Lipinski definition) is 4.